The highest BCUT2D eigenvalue weighted by Gasteiger charge is 2.13. The van der Waals surface area contributed by atoms with Gasteiger partial charge in [0.05, 0.1) is 0 Å². The first-order valence-corrected chi connectivity index (χ1v) is 7.00. The molecular formula is C12H23NS. The summed E-state index contributed by atoms with van der Waals surface area (Å²) in [5.74, 6) is 3.57. The molecule has 82 valence electrons. The van der Waals surface area contributed by atoms with Crippen molar-refractivity contribution in [1.82, 2.24) is 5.32 Å². The third kappa shape index (κ3) is 4.52. The van der Waals surface area contributed by atoms with Gasteiger partial charge in [0.1, 0.15) is 0 Å². The van der Waals surface area contributed by atoms with Crippen molar-refractivity contribution >= 4 is 11.8 Å². The molecular weight excluding hydrogens is 190 g/mol. The zero-order valence-electron chi connectivity index (χ0n) is 9.51. The normalized spacial score (nSPS) is 23.0. The summed E-state index contributed by atoms with van der Waals surface area (Å²) in [6, 6.07) is 0. The Kier molecular flexibility index (Phi) is 6.37. The SMILES string of the molecule is CCCNCC(=CC1CCSC1)CC. The Hall–Kier alpha value is 0.0500. The lowest BCUT2D eigenvalue weighted by Gasteiger charge is -2.09. The number of hydrogen-bond acceptors (Lipinski definition) is 2. The van der Waals surface area contributed by atoms with Crippen LogP contribution >= 0.6 is 11.8 Å². The van der Waals surface area contributed by atoms with Gasteiger partial charge in [-0.2, -0.15) is 11.8 Å². The van der Waals surface area contributed by atoms with Crippen molar-refractivity contribution in [3.05, 3.63) is 11.6 Å². The molecule has 0 aliphatic carbocycles. The van der Waals surface area contributed by atoms with Crippen molar-refractivity contribution in [3.63, 3.8) is 0 Å². The molecule has 1 aliphatic rings. The van der Waals surface area contributed by atoms with Gasteiger partial charge in [0, 0.05) is 6.54 Å². The molecule has 0 aromatic carbocycles. The van der Waals surface area contributed by atoms with Gasteiger partial charge in [0.2, 0.25) is 0 Å². The van der Waals surface area contributed by atoms with Gasteiger partial charge in [0.25, 0.3) is 0 Å². The molecule has 0 amide bonds. The second-order valence-electron chi connectivity index (χ2n) is 3.98. The molecule has 0 spiro atoms. The van der Waals surface area contributed by atoms with Crippen LogP contribution in [0.1, 0.15) is 33.1 Å². The minimum atomic E-state index is 0.860. The summed E-state index contributed by atoms with van der Waals surface area (Å²) < 4.78 is 0. The van der Waals surface area contributed by atoms with Gasteiger partial charge in [-0.25, -0.2) is 0 Å². The van der Waals surface area contributed by atoms with Crippen LogP contribution in [0.25, 0.3) is 0 Å². The molecule has 1 N–H and O–H groups in total. The number of nitrogens with one attached hydrogen (secondary N) is 1. The van der Waals surface area contributed by atoms with Crippen LogP contribution in [0.4, 0.5) is 0 Å². The molecule has 0 aromatic heterocycles. The van der Waals surface area contributed by atoms with Crippen LogP contribution in [0.5, 0.6) is 0 Å². The minimum absolute atomic E-state index is 0.860. The smallest absolute Gasteiger partial charge is 0.0164 e. The maximum Gasteiger partial charge on any atom is 0.0164 e. The second kappa shape index (κ2) is 7.36. The molecule has 0 saturated carbocycles. The highest BCUT2D eigenvalue weighted by Crippen LogP contribution is 2.25. The maximum absolute atomic E-state index is 3.48. The van der Waals surface area contributed by atoms with Crippen molar-refractivity contribution in [2.24, 2.45) is 5.92 Å². The summed E-state index contributed by atoms with van der Waals surface area (Å²) in [7, 11) is 0. The molecule has 1 heterocycles. The van der Waals surface area contributed by atoms with Crippen LogP contribution in [-0.2, 0) is 0 Å². The molecule has 0 radical (unpaired) electrons. The van der Waals surface area contributed by atoms with E-state index >= 15 is 0 Å². The number of hydrogen-bond donors (Lipinski definition) is 1. The maximum atomic E-state index is 3.48. The molecule has 2 heteroatoms. The van der Waals surface area contributed by atoms with E-state index in [0.717, 1.165) is 19.0 Å². The van der Waals surface area contributed by atoms with E-state index in [1.165, 1.54) is 30.8 Å². The first-order valence-electron chi connectivity index (χ1n) is 5.84. The van der Waals surface area contributed by atoms with Crippen molar-refractivity contribution in [3.8, 4) is 0 Å². The van der Waals surface area contributed by atoms with Crippen LogP contribution in [-0.4, -0.2) is 24.6 Å². The number of allylic oxidation sites excluding steroid dienone is 1. The lowest BCUT2D eigenvalue weighted by molar-refractivity contribution is 0.683. The third-order valence-electron chi connectivity index (χ3n) is 2.67. The third-order valence-corrected chi connectivity index (χ3v) is 3.86. The lowest BCUT2D eigenvalue weighted by Crippen LogP contribution is -2.18. The molecule has 14 heavy (non-hydrogen) atoms. The average molecular weight is 213 g/mol. The summed E-state index contributed by atoms with van der Waals surface area (Å²) in [6.07, 6.45) is 6.35. The molecule has 1 atom stereocenters. The fraction of sp³-hybridized carbons (Fsp3) is 0.833. The highest BCUT2D eigenvalue weighted by atomic mass is 32.2. The van der Waals surface area contributed by atoms with E-state index in [1.807, 2.05) is 0 Å². The predicted octanol–water partition coefficient (Wildman–Crippen LogP) is 3.08. The number of rotatable bonds is 6. The van der Waals surface area contributed by atoms with Crippen molar-refractivity contribution in [2.75, 3.05) is 24.6 Å². The summed E-state index contributed by atoms with van der Waals surface area (Å²) in [6.45, 7) is 6.74. The van der Waals surface area contributed by atoms with Gasteiger partial charge in [-0.3, -0.25) is 0 Å². The van der Waals surface area contributed by atoms with Crippen molar-refractivity contribution in [1.29, 1.82) is 0 Å². The lowest BCUT2D eigenvalue weighted by atomic mass is 10.0. The Balaban J connectivity index is 2.27. The fourth-order valence-corrected chi connectivity index (χ4v) is 2.95. The van der Waals surface area contributed by atoms with Crippen molar-refractivity contribution < 1.29 is 0 Å². The van der Waals surface area contributed by atoms with E-state index in [-0.39, 0.29) is 0 Å². The molecule has 0 aromatic rings. The molecule has 1 fully saturated rings. The van der Waals surface area contributed by atoms with E-state index in [4.69, 9.17) is 0 Å². The molecule has 1 unspecified atom stereocenters. The van der Waals surface area contributed by atoms with Gasteiger partial charge >= 0.3 is 0 Å². The van der Waals surface area contributed by atoms with E-state index < -0.39 is 0 Å². The Morgan fingerprint density at radius 2 is 2.36 bits per heavy atom. The molecule has 0 bridgehead atoms. The first-order chi connectivity index (χ1) is 6.86. The van der Waals surface area contributed by atoms with Crippen molar-refractivity contribution in [2.45, 2.75) is 33.1 Å². The monoisotopic (exact) mass is 213 g/mol. The van der Waals surface area contributed by atoms with E-state index in [1.54, 1.807) is 5.57 Å². The van der Waals surface area contributed by atoms with Gasteiger partial charge in [-0.15, -0.1) is 0 Å². The fourth-order valence-electron chi connectivity index (χ4n) is 1.75. The van der Waals surface area contributed by atoms with E-state index in [0.29, 0.717) is 0 Å². The molecule has 1 saturated heterocycles. The predicted molar refractivity (Wildman–Crippen MR) is 67.0 cm³/mol. The summed E-state index contributed by atoms with van der Waals surface area (Å²) >= 11 is 2.10. The minimum Gasteiger partial charge on any atom is -0.313 e. The van der Waals surface area contributed by atoms with Crippen LogP contribution in [0.15, 0.2) is 11.6 Å². The largest absolute Gasteiger partial charge is 0.313 e. The van der Waals surface area contributed by atoms with E-state index in [2.05, 4.69) is 37.0 Å². The Bertz CT molecular complexity index is 171. The topological polar surface area (TPSA) is 12.0 Å². The van der Waals surface area contributed by atoms with Crippen LogP contribution in [0.2, 0.25) is 0 Å². The Morgan fingerprint density at radius 3 is 2.93 bits per heavy atom. The van der Waals surface area contributed by atoms with Crippen LogP contribution in [0, 0.1) is 5.92 Å². The van der Waals surface area contributed by atoms with Gasteiger partial charge in [0.15, 0.2) is 0 Å². The summed E-state index contributed by atoms with van der Waals surface area (Å²) in [4.78, 5) is 0. The highest BCUT2D eigenvalue weighted by molar-refractivity contribution is 7.99. The first kappa shape index (κ1) is 12.1. The Labute approximate surface area is 92.7 Å². The number of thioether (sulfide) groups is 1. The average Bonchev–Trinajstić information content (AvgIpc) is 2.69. The van der Waals surface area contributed by atoms with Crippen LogP contribution < -0.4 is 5.32 Å². The summed E-state index contributed by atoms with van der Waals surface area (Å²) in [5.41, 5.74) is 1.60. The Morgan fingerprint density at radius 1 is 1.50 bits per heavy atom. The quantitative estimate of drug-likeness (QED) is 0.537. The zero-order chi connectivity index (χ0) is 10.2. The molecule has 1 aliphatic heterocycles. The van der Waals surface area contributed by atoms with Gasteiger partial charge in [-0.1, -0.05) is 25.5 Å². The molecule has 1 nitrogen and oxygen atoms in total. The van der Waals surface area contributed by atoms with E-state index in [9.17, 15) is 0 Å². The van der Waals surface area contributed by atoms with Gasteiger partial charge < -0.3 is 5.32 Å². The summed E-state index contributed by atoms with van der Waals surface area (Å²) in [5, 5.41) is 3.48. The zero-order valence-corrected chi connectivity index (χ0v) is 10.3. The molecule has 1 rings (SSSR count). The second-order valence-corrected chi connectivity index (χ2v) is 5.13. The van der Waals surface area contributed by atoms with Gasteiger partial charge in [-0.05, 0) is 43.2 Å². The standard InChI is InChI=1S/C12H23NS/c1-3-6-13-9-11(4-2)8-12-5-7-14-10-12/h8,12-13H,3-7,9-10H2,1-2H3. The van der Waals surface area contributed by atoms with Crippen LogP contribution in [0.3, 0.4) is 0 Å².